The number of ether oxygens (including phenoxy) is 1. The van der Waals surface area contributed by atoms with Gasteiger partial charge in [0.2, 0.25) is 0 Å². The molecular formula is C11H26ClNO2S. The number of halogens is 1. The molecule has 2 N–H and O–H groups in total. The molecule has 0 spiro atoms. The van der Waals surface area contributed by atoms with Crippen molar-refractivity contribution in [2.24, 2.45) is 5.73 Å². The largest absolute Gasteiger partial charge is 0.459 e. The van der Waals surface area contributed by atoms with Crippen LogP contribution in [-0.2, 0) is 9.53 Å². The summed E-state index contributed by atoms with van der Waals surface area (Å²) in [5, 5.41) is 0. The summed E-state index contributed by atoms with van der Waals surface area (Å²) < 4.78 is 5.17. The van der Waals surface area contributed by atoms with E-state index in [0.717, 1.165) is 25.7 Å². The van der Waals surface area contributed by atoms with Crippen molar-refractivity contribution in [3.8, 4) is 0 Å². The number of carbonyl (C=O) groups excluding carboxylic acids is 1. The number of hydrogen-bond donors (Lipinski definition) is 1. The van der Waals surface area contributed by atoms with Crippen LogP contribution < -0.4 is 5.73 Å². The molecule has 0 amide bonds. The Morgan fingerprint density at radius 1 is 1.31 bits per heavy atom. The Hall–Kier alpha value is 0.0700. The monoisotopic (exact) mass is 271 g/mol. The summed E-state index contributed by atoms with van der Waals surface area (Å²) in [6, 6.07) is -0.458. The maximum Gasteiger partial charge on any atom is 0.323 e. The first-order valence-electron chi connectivity index (χ1n) is 5.35. The van der Waals surface area contributed by atoms with Gasteiger partial charge in [-0.05, 0) is 27.2 Å². The molecule has 0 fully saturated rings. The maximum atomic E-state index is 11.4. The Bertz CT molecular complexity index is 183. The molecule has 0 aliphatic carbocycles. The van der Waals surface area contributed by atoms with Gasteiger partial charge in [-0.15, -0.1) is 12.4 Å². The van der Waals surface area contributed by atoms with Gasteiger partial charge in [0.25, 0.3) is 0 Å². The average Bonchev–Trinajstić information content (AvgIpc) is 2.01. The van der Waals surface area contributed by atoms with Crippen LogP contribution in [0.4, 0.5) is 0 Å². The van der Waals surface area contributed by atoms with Gasteiger partial charge in [-0.2, -0.15) is 13.5 Å². The number of rotatable bonds is 5. The van der Waals surface area contributed by atoms with Crippen LogP contribution in [0, 0.1) is 0 Å². The fourth-order valence-electron chi connectivity index (χ4n) is 1.11. The van der Waals surface area contributed by atoms with Crippen LogP contribution in [0.25, 0.3) is 0 Å². The SMILES string of the molecule is CCCCC[C@H](N)C(=O)OC(C)(C)C.Cl.S. The average molecular weight is 272 g/mol. The first kappa shape index (κ1) is 21.4. The molecule has 0 bridgehead atoms. The third-order valence-electron chi connectivity index (χ3n) is 1.83. The first-order chi connectivity index (χ1) is 6.37. The molecule has 0 saturated heterocycles. The van der Waals surface area contributed by atoms with Crippen molar-refractivity contribution in [1.29, 1.82) is 0 Å². The smallest absolute Gasteiger partial charge is 0.323 e. The summed E-state index contributed by atoms with van der Waals surface area (Å²) in [6.45, 7) is 7.68. The number of unbranched alkanes of at least 4 members (excludes halogenated alkanes) is 2. The zero-order valence-electron chi connectivity index (χ0n) is 10.7. The number of esters is 1. The minimum absolute atomic E-state index is 0. The molecule has 0 aliphatic rings. The Kier molecular flexibility index (Phi) is 13.7. The van der Waals surface area contributed by atoms with Crippen molar-refractivity contribution in [2.45, 2.75) is 65.0 Å². The fraction of sp³-hybridized carbons (Fsp3) is 0.909. The summed E-state index contributed by atoms with van der Waals surface area (Å²) >= 11 is 0. The van der Waals surface area contributed by atoms with Gasteiger partial charge >= 0.3 is 5.97 Å². The van der Waals surface area contributed by atoms with E-state index < -0.39 is 11.6 Å². The second kappa shape index (κ2) is 10.2. The third-order valence-corrected chi connectivity index (χ3v) is 1.83. The number of carbonyl (C=O) groups is 1. The molecule has 0 unspecified atom stereocenters. The molecule has 0 aromatic rings. The summed E-state index contributed by atoms with van der Waals surface area (Å²) in [5.41, 5.74) is 5.26. The minimum atomic E-state index is -0.458. The predicted octanol–water partition coefficient (Wildman–Crippen LogP) is 2.77. The highest BCUT2D eigenvalue weighted by molar-refractivity contribution is 7.59. The van der Waals surface area contributed by atoms with Crippen LogP contribution in [0.3, 0.4) is 0 Å². The van der Waals surface area contributed by atoms with Crippen LogP contribution >= 0.6 is 25.9 Å². The second-order valence-corrected chi connectivity index (χ2v) is 4.64. The Labute approximate surface area is 112 Å². The zero-order valence-corrected chi connectivity index (χ0v) is 12.5. The van der Waals surface area contributed by atoms with Crippen molar-refractivity contribution >= 4 is 31.9 Å². The maximum absolute atomic E-state index is 11.4. The van der Waals surface area contributed by atoms with E-state index in [1.165, 1.54) is 0 Å². The molecule has 0 aliphatic heterocycles. The molecule has 0 aromatic carbocycles. The highest BCUT2D eigenvalue weighted by Gasteiger charge is 2.21. The van der Waals surface area contributed by atoms with E-state index in [1.54, 1.807) is 0 Å². The van der Waals surface area contributed by atoms with E-state index in [0.29, 0.717) is 0 Å². The lowest BCUT2D eigenvalue weighted by molar-refractivity contribution is -0.156. The van der Waals surface area contributed by atoms with Crippen LogP contribution in [0.1, 0.15) is 53.4 Å². The molecule has 0 saturated carbocycles. The molecule has 16 heavy (non-hydrogen) atoms. The van der Waals surface area contributed by atoms with Gasteiger partial charge in [-0.25, -0.2) is 0 Å². The van der Waals surface area contributed by atoms with E-state index >= 15 is 0 Å². The topological polar surface area (TPSA) is 52.3 Å². The van der Waals surface area contributed by atoms with Crippen LogP contribution in [-0.4, -0.2) is 17.6 Å². The Balaban J connectivity index is -0.000000845. The van der Waals surface area contributed by atoms with Crippen molar-refractivity contribution in [2.75, 3.05) is 0 Å². The van der Waals surface area contributed by atoms with E-state index in [9.17, 15) is 4.79 Å². The molecule has 0 radical (unpaired) electrons. The molecule has 1 atom stereocenters. The molecular weight excluding hydrogens is 246 g/mol. The lowest BCUT2D eigenvalue weighted by atomic mass is 10.1. The lowest BCUT2D eigenvalue weighted by Gasteiger charge is -2.22. The van der Waals surface area contributed by atoms with Crippen molar-refractivity contribution in [3.63, 3.8) is 0 Å². The van der Waals surface area contributed by atoms with Crippen molar-refractivity contribution < 1.29 is 9.53 Å². The Morgan fingerprint density at radius 3 is 2.19 bits per heavy atom. The summed E-state index contributed by atoms with van der Waals surface area (Å²) in [7, 11) is 0. The van der Waals surface area contributed by atoms with E-state index in [2.05, 4.69) is 6.92 Å². The van der Waals surface area contributed by atoms with Gasteiger partial charge < -0.3 is 10.5 Å². The van der Waals surface area contributed by atoms with Gasteiger partial charge in [-0.3, -0.25) is 4.79 Å². The summed E-state index contributed by atoms with van der Waals surface area (Å²) in [6.07, 6.45) is 3.98. The van der Waals surface area contributed by atoms with Crippen molar-refractivity contribution in [1.82, 2.24) is 0 Å². The van der Waals surface area contributed by atoms with Gasteiger partial charge in [-0.1, -0.05) is 26.2 Å². The van der Waals surface area contributed by atoms with Gasteiger partial charge in [0, 0.05) is 0 Å². The van der Waals surface area contributed by atoms with E-state index in [-0.39, 0.29) is 31.9 Å². The molecule has 5 heteroatoms. The zero-order chi connectivity index (χ0) is 11.2. The summed E-state index contributed by atoms with van der Waals surface area (Å²) in [4.78, 5) is 11.4. The summed E-state index contributed by atoms with van der Waals surface area (Å²) in [5.74, 6) is -0.284. The van der Waals surface area contributed by atoms with Crippen molar-refractivity contribution in [3.05, 3.63) is 0 Å². The molecule has 0 aromatic heterocycles. The predicted molar refractivity (Wildman–Crippen MR) is 75.6 cm³/mol. The fourth-order valence-corrected chi connectivity index (χ4v) is 1.11. The molecule has 0 heterocycles. The van der Waals surface area contributed by atoms with E-state index in [4.69, 9.17) is 10.5 Å². The minimum Gasteiger partial charge on any atom is -0.459 e. The molecule has 100 valence electrons. The normalized spacial score (nSPS) is 12.1. The third kappa shape index (κ3) is 12.1. The van der Waals surface area contributed by atoms with Crippen LogP contribution in [0.2, 0.25) is 0 Å². The quantitative estimate of drug-likeness (QED) is 0.618. The van der Waals surface area contributed by atoms with Gasteiger partial charge in [0.15, 0.2) is 0 Å². The second-order valence-electron chi connectivity index (χ2n) is 4.64. The van der Waals surface area contributed by atoms with Gasteiger partial charge in [0.1, 0.15) is 11.6 Å². The molecule has 0 rings (SSSR count). The standard InChI is InChI=1S/C11H23NO2.ClH.H2S/c1-5-6-7-8-9(12)10(13)14-11(2,3)4;;/h9H,5-8,12H2,1-4H3;1H;1H2/t9-;;/m0../s1. The Morgan fingerprint density at radius 2 is 1.81 bits per heavy atom. The lowest BCUT2D eigenvalue weighted by Crippen LogP contribution is -2.37. The van der Waals surface area contributed by atoms with Crippen LogP contribution in [0.15, 0.2) is 0 Å². The highest BCUT2D eigenvalue weighted by Crippen LogP contribution is 2.10. The molecule has 3 nitrogen and oxygen atoms in total. The first-order valence-corrected chi connectivity index (χ1v) is 5.35. The van der Waals surface area contributed by atoms with Gasteiger partial charge in [0.05, 0.1) is 0 Å². The highest BCUT2D eigenvalue weighted by atomic mass is 35.5. The van der Waals surface area contributed by atoms with E-state index in [1.807, 2.05) is 20.8 Å². The number of hydrogen-bond acceptors (Lipinski definition) is 3. The van der Waals surface area contributed by atoms with Crippen LogP contribution in [0.5, 0.6) is 0 Å². The number of nitrogens with two attached hydrogens (primary N) is 1.